The Morgan fingerprint density at radius 2 is 1.67 bits per heavy atom. The van der Waals surface area contributed by atoms with Crippen molar-refractivity contribution < 1.29 is 14.3 Å². The molecule has 0 atom stereocenters. The van der Waals surface area contributed by atoms with Crippen molar-refractivity contribution in [2.75, 3.05) is 39.8 Å². The number of likely N-dealkylation sites (tertiary alicyclic amines) is 2. The lowest BCUT2D eigenvalue weighted by atomic mass is 9.92. The Morgan fingerprint density at radius 1 is 0.939 bits per heavy atom. The number of carbonyl (C=O) groups excluding carboxylic acids is 2. The predicted molar refractivity (Wildman–Crippen MR) is 129 cm³/mol. The third-order valence-electron chi connectivity index (χ3n) is 7.04. The second-order valence-electron chi connectivity index (χ2n) is 9.09. The fourth-order valence-electron chi connectivity index (χ4n) is 5.02. The number of ether oxygens (including phenoxy) is 1. The number of rotatable bonds is 7. The minimum atomic E-state index is 0.0817. The summed E-state index contributed by atoms with van der Waals surface area (Å²) in [6, 6.07) is 18.2. The van der Waals surface area contributed by atoms with Gasteiger partial charge in [-0.2, -0.15) is 0 Å². The highest BCUT2D eigenvalue weighted by atomic mass is 16.5. The van der Waals surface area contributed by atoms with E-state index in [0.717, 1.165) is 58.3 Å². The Kier molecular flexibility index (Phi) is 8.00. The zero-order chi connectivity index (χ0) is 23.0. The molecule has 0 aliphatic carbocycles. The van der Waals surface area contributed by atoms with E-state index in [2.05, 4.69) is 22.3 Å². The zero-order valence-electron chi connectivity index (χ0n) is 19.5. The fourth-order valence-corrected chi connectivity index (χ4v) is 5.02. The van der Waals surface area contributed by atoms with Crippen molar-refractivity contribution in [1.29, 1.82) is 0 Å². The summed E-state index contributed by atoms with van der Waals surface area (Å²) in [5, 5.41) is 3.13. The summed E-state index contributed by atoms with van der Waals surface area (Å²) < 4.78 is 5.25. The molecule has 2 fully saturated rings. The summed E-state index contributed by atoms with van der Waals surface area (Å²) in [5.41, 5.74) is 1.94. The molecular formula is C27H35N3O3. The standard InChI is InChI=1S/C27H35N3O3/c1-33-25-9-5-8-23(20-25)27(32)30-18-13-24(14-19-30)29-16-11-22(12-17-29)26(31)28-15-10-21-6-3-2-4-7-21/h2-9,20,22,24H,10-19H2,1H3,(H,28,31). The Labute approximate surface area is 196 Å². The number of benzene rings is 2. The topological polar surface area (TPSA) is 61.9 Å². The lowest BCUT2D eigenvalue weighted by molar-refractivity contribution is -0.126. The van der Waals surface area contributed by atoms with Crippen molar-refractivity contribution in [2.24, 2.45) is 5.92 Å². The van der Waals surface area contributed by atoms with Gasteiger partial charge in [-0.1, -0.05) is 36.4 Å². The molecule has 0 radical (unpaired) electrons. The van der Waals surface area contributed by atoms with Crippen LogP contribution in [-0.4, -0.2) is 67.5 Å². The molecule has 2 aliphatic rings. The van der Waals surface area contributed by atoms with Gasteiger partial charge in [0.05, 0.1) is 7.11 Å². The number of methoxy groups -OCH3 is 1. The minimum Gasteiger partial charge on any atom is -0.497 e. The molecule has 2 aromatic rings. The van der Waals surface area contributed by atoms with Crippen LogP contribution in [0.15, 0.2) is 54.6 Å². The predicted octanol–water partition coefficient (Wildman–Crippen LogP) is 3.37. The van der Waals surface area contributed by atoms with E-state index in [1.807, 2.05) is 47.4 Å². The van der Waals surface area contributed by atoms with Gasteiger partial charge in [0.15, 0.2) is 0 Å². The lowest BCUT2D eigenvalue weighted by Crippen LogP contribution is -2.50. The van der Waals surface area contributed by atoms with Gasteiger partial charge in [0.2, 0.25) is 5.91 Å². The van der Waals surface area contributed by atoms with E-state index in [0.29, 0.717) is 23.9 Å². The average molecular weight is 450 g/mol. The number of hydrogen-bond acceptors (Lipinski definition) is 4. The summed E-state index contributed by atoms with van der Waals surface area (Å²) >= 11 is 0. The molecule has 2 aliphatic heterocycles. The van der Waals surface area contributed by atoms with Crippen LogP contribution < -0.4 is 10.1 Å². The molecule has 2 heterocycles. The van der Waals surface area contributed by atoms with Gasteiger partial charge < -0.3 is 19.9 Å². The molecule has 176 valence electrons. The van der Waals surface area contributed by atoms with Gasteiger partial charge in [-0.15, -0.1) is 0 Å². The summed E-state index contributed by atoms with van der Waals surface area (Å²) in [6.07, 6.45) is 4.69. The first-order valence-electron chi connectivity index (χ1n) is 12.1. The van der Waals surface area contributed by atoms with Crippen molar-refractivity contribution in [3.63, 3.8) is 0 Å². The third kappa shape index (κ3) is 6.14. The normalized spacial score (nSPS) is 18.2. The molecule has 0 spiro atoms. The quantitative estimate of drug-likeness (QED) is 0.704. The van der Waals surface area contributed by atoms with E-state index in [1.165, 1.54) is 5.56 Å². The lowest BCUT2D eigenvalue weighted by Gasteiger charge is -2.41. The molecule has 0 bridgehead atoms. The second kappa shape index (κ2) is 11.3. The first-order valence-corrected chi connectivity index (χ1v) is 12.1. The van der Waals surface area contributed by atoms with E-state index in [4.69, 9.17) is 4.74 Å². The molecule has 2 aromatic carbocycles. The Balaban J connectivity index is 1.18. The van der Waals surface area contributed by atoms with Gasteiger partial charge in [0.25, 0.3) is 5.91 Å². The SMILES string of the molecule is COc1cccc(C(=O)N2CCC(N3CCC(C(=O)NCCc4ccccc4)CC3)CC2)c1. The van der Waals surface area contributed by atoms with E-state index >= 15 is 0 Å². The van der Waals surface area contributed by atoms with Crippen molar-refractivity contribution >= 4 is 11.8 Å². The maximum Gasteiger partial charge on any atom is 0.253 e. The van der Waals surface area contributed by atoms with Crippen LogP contribution in [0, 0.1) is 5.92 Å². The van der Waals surface area contributed by atoms with E-state index in [1.54, 1.807) is 7.11 Å². The molecule has 0 unspecified atom stereocenters. The van der Waals surface area contributed by atoms with Crippen LogP contribution in [0.5, 0.6) is 5.75 Å². The van der Waals surface area contributed by atoms with Crippen molar-refractivity contribution in [1.82, 2.24) is 15.1 Å². The Morgan fingerprint density at radius 3 is 2.36 bits per heavy atom. The van der Waals surface area contributed by atoms with Gasteiger partial charge in [0, 0.05) is 37.2 Å². The van der Waals surface area contributed by atoms with Gasteiger partial charge >= 0.3 is 0 Å². The molecule has 0 aromatic heterocycles. The van der Waals surface area contributed by atoms with Crippen LogP contribution in [0.3, 0.4) is 0 Å². The van der Waals surface area contributed by atoms with E-state index < -0.39 is 0 Å². The minimum absolute atomic E-state index is 0.0817. The third-order valence-corrected chi connectivity index (χ3v) is 7.04. The monoisotopic (exact) mass is 449 g/mol. The molecule has 6 nitrogen and oxygen atoms in total. The van der Waals surface area contributed by atoms with Crippen molar-refractivity contribution in [2.45, 2.75) is 38.1 Å². The van der Waals surface area contributed by atoms with Crippen LogP contribution in [0.2, 0.25) is 0 Å². The number of amides is 2. The fraction of sp³-hybridized carbons (Fsp3) is 0.481. The zero-order valence-corrected chi connectivity index (χ0v) is 19.5. The number of piperidine rings is 2. The van der Waals surface area contributed by atoms with Crippen LogP contribution in [0.25, 0.3) is 0 Å². The van der Waals surface area contributed by atoms with Crippen LogP contribution in [-0.2, 0) is 11.2 Å². The Hall–Kier alpha value is -2.86. The van der Waals surface area contributed by atoms with E-state index in [-0.39, 0.29) is 17.7 Å². The van der Waals surface area contributed by atoms with Crippen LogP contribution >= 0.6 is 0 Å². The van der Waals surface area contributed by atoms with Gasteiger partial charge in [-0.3, -0.25) is 9.59 Å². The largest absolute Gasteiger partial charge is 0.497 e. The van der Waals surface area contributed by atoms with Gasteiger partial charge in [-0.25, -0.2) is 0 Å². The van der Waals surface area contributed by atoms with Gasteiger partial charge in [-0.05, 0) is 69.0 Å². The second-order valence-corrected chi connectivity index (χ2v) is 9.09. The highest BCUT2D eigenvalue weighted by Gasteiger charge is 2.31. The average Bonchev–Trinajstić information content (AvgIpc) is 2.89. The highest BCUT2D eigenvalue weighted by Crippen LogP contribution is 2.25. The first-order chi connectivity index (χ1) is 16.1. The highest BCUT2D eigenvalue weighted by molar-refractivity contribution is 5.94. The maximum absolute atomic E-state index is 12.9. The van der Waals surface area contributed by atoms with Gasteiger partial charge in [0.1, 0.15) is 5.75 Å². The molecule has 1 N–H and O–H groups in total. The van der Waals surface area contributed by atoms with Crippen molar-refractivity contribution in [3.8, 4) is 5.75 Å². The molecule has 2 saturated heterocycles. The molecule has 0 saturated carbocycles. The molecule has 2 amide bonds. The summed E-state index contributed by atoms with van der Waals surface area (Å²) in [7, 11) is 1.62. The smallest absolute Gasteiger partial charge is 0.253 e. The maximum atomic E-state index is 12.9. The van der Waals surface area contributed by atoms with E-state index in [9.17, 15) is 9.59 Å². The molecule has 4 rings (SSSR count). The molecular weight excluding hydrogens is 414 g/mol. The summed E-state index contributed by atoms with van der Waals surface area (Å²) in [4.78, 5) is 29.9. The van der Waals surface area contributed by atoms with Crippen LogP contribution in [0.4, 0.5) is 0 Å². The molecule has 33 heavy (non-hydrogen) atoms. The summed E-state index contributed by atoms with van der Waals surface area (Å²) in [6.45, 7) is 4.18. The van der Waals surface area contributed by atoms with Crippen LogP contribution in [0.1, 0.15) is 41.6 Å². The van der Waals surface area contributed by atoms with Crippen molar-refractivity contribution in [3.05, 3.63) is 65.7 Å². The number of hydrogen-bond donors (Lipinski definition) is 1. The number of nitrogens with one attached hydrogen (secondary N) is 1. The Bertz CT molecular complexity index is 917. The first kappa shape index (κ1) is 23.3. The number of carbonyl (C=O) groups is 2. The number of nitrogens with zero attached hydrogens (tertiary/aromatic N) is 2. The molecule has 6 heteroatoms. The summed E-state index contributed by atoms with van der Waals surface area (Å²) in [5.74, 6) is 1.11.